The summed E-state index contributed by atoms with van der Waals surface area (Å²) in [4.78, 5) is 19.6. The van der Waals surface area contributed by atoms with Crippen LogP contribution in [-0.2, 0) is 4.74 Å². The molecule has 128 valence electrons. The molecule has 8 heteroatoms. The van der Waals surface area contributed by atoms with Gasteiger partial charge < -0.3 is 10.1 Å². The summed E-state index contributed by atoms with van der Waals surface area (Å²) in [5.74, 6) is 0.496. The van der Waals surface area contributed by atoms with Gasteiger partial charge in [-0.1, -0.05) is 0 Å². The van der Waals surface area contributed by atoms with Crippen molar-refractivity contribution in [3.63, 3.8) is 0 Å². The summed E-state index contributed by atoms with van der Waals surface area (Å²) >= 11 is 0. The van der Waals surface area contributed by atoms with E-state index in [4.69, 9.17) is 4.74 Å². The SMILES string of the molecule is Cl.Cl.O=c1[nH]c2ncc(C3CCOCC3)cc2n1[C@@H]1CCNC1. The smallest absolute Gasteiger partial charge is 0.327 e. The van der Waals surface area contributed by atoms with Gasteiger partial charge in [-0.25, -0.2) is 9.78 Å². The summed E-state index contributed by atoms with van der Waals surface area (Å²) in [7, 11) is 0. The summed E-state index contributed by atoms with van der Waals surface area (Å²) in [6, 6.07) is 2.38. The second-order valence-corrected chi connectivity index (χ2v) is 5.97. The summed E-state index contributed by atoms with van der Waals surface area (Å²) in [5.41, 5.74) is 2.82. The van der Waals surface area contributed by atoms with E-state index in [0.29, 0.717) is 11.6 Å². The van der Waals surface area contributed by atoms with Gasteiger partial charge in [0.15, 0.2) is 5.65 Å². The Balaban J connectivity index is 0.000000960. The first kappa shape index (κ1) is 18.3. The third-order valence-electron chi connectivity index (χ3n) is 4.68. The lowest BCUT2D eigenvalue weighted by Gasteiger charge is -2.22. The predicted molar refractivity (Wildman–Crippen MR) is 94.2 cm³/mol. The van der Waals surface area contributed by atoms with Crippen LogP contribution in [0.15, 0.2) is 17.1 Å². The maximum atomic E-state index is 12.2. The number of aromatic amines is 1. The van der Waals surface area contributed by atoms with Crippen LogP contribution in [0.2, 0.25) is 0 Å². The topological polar surface area (TPSA) is 71.9 Å². The fourth-order valence-corrected chi connectivity index (χ4v) is 3.50. The predicted octanol–water partition coefficient (Wildman–Crippen LogP) is 2.00. The van der Waals surface area contributed by atoms with Crippen LogP contribution < -0.4 is 11.0 Å². The highest BCUT2D eigenvalue weighted by Gasteiger charge is 2.23. The Bertz CT molecular complexity index is 703. The van der Waals surface area contributed by atoms with Crippen LogP contribution in [0.25, 0.3) is 11.2 Å². The zero-order valence-electron chi connectivity index (χ0n) is 12.8. The van der Waals surface area contributed by atoms with Crippen molar-refractivity contribution in [2.75, 3.05) is 26.3 Å². The number of rotatable bonds is 2. The number of hydrogen-bond donors (Lipinski definition) is 2. The first-order valence-corrected chi connectivity index (χ1v) is 7.71. The van der Waals surface area contributed by atoms with Gasteiger partial charge >= 0.3 is 5.69 Å². The summed E-state index contributed by atoms with van der Waals surface area (Å²) < 4.78 is 7.31. The molecule has 0 spiro atoms. The Morgan fingerprint density at radius 1 is 1.22 bits per heavy atom. The number of H-pyrrole nitrogens is 1. The highest BCUT2D eigenvalue weighted by molar-refractivity contribution is 5.85. The van der Waals surface area contributed by atoms with E-state index in [1.807, 2.05) is 10.8 Å². The Morgan fingerprint density at radius 2 is 2.00 bits per heavy atom. The Kier molecular flexibility index (Phi) is 6.08. The van der Waals surface area contributed by atoms with Crippen molar-refractivity contribution in [1.82, 2.24) is 19.9 Å². The van der Waals surface area contributed by atoms with Gasteiger partial charge in [0.2, 0.25) is 0 Å². The van der Waals surface area contributed by atoms with E-state index in [-0.39, 0.29) is 36.5 Å². The molecule has 2 aromatic heterocycles. The molecule has 0 unspecified atom stereocenters. The fraction of sp³-hybridized carbons (Fsp3) is 0.600. The van der Waals surface area contributed by atoms with Crippen LogP contribution in [0.1, 0.15) is 36.8 Å². The molecule has 0 radical (unpaired) electrons. The van der Waals surface area contributed by atoms with Crippen molar-refractivity contribution in [2.45, 2.75) is 31.2 Å². The fourth-order valence-electron chi connectivity index (χ4n) is 3.50. The number of halogens is 2. The number of imidazole rings is 1. The van der Waals surface area contributed by atoms with Gasteiger partial charge in [-0.3, -0.25) is 9.55 Å². The number of aromatic nitrogens is 3. The average molecular weight is 361 g/mol. The molecule has 2 fully saturated rings. The largest absolute Gasteiger partial charge is 0.381 e. The van der Waals surface area contributed by atoms with E-state index >= 15 is 0 Å². The third-order valence-corrected chi connectivity index (χ3v) is 4.68. The Morgan fingerprint density at radius 3 is 2.70 bits per heavy atom. The second-order valence-electron chi connectivity index (χ2n) is 5.97. The lowest BCUT2D eigenvalue weighted by molar-refractivity contribution is 0.0853. The van der Waals surface area contributed by atoms with Crippen molar-refractivity contribution >= 4 is 36.0 Å². The van der Waals surface area contributed by atoms with E-state index in [0.717, 1.165) is 51.1 Å². The van der Waals surface area contributed by atoms with E-state index in [2.05, 4.69) is 21.4 Å². The first-order valence-electron chi connectivity index (χ1n) is 7.71. The quantitative estimate of drug-likeness (QED) is 0.858. The molecule has 0 amide bonds. The normalized spacial score (nSPS) is 21.8. The Labute approximate surface area is 146 Å². The second kappa shape index (κ2) is 7.66. The van der Waals surface area contributed by atoms with Crippen LogP contribution in [0.5, 0.6) is 0 Å². The number of fused-ring (bicyclic) bond motifs is 1. The molecule has 0 bridgehead atoms. The van der Waals surface area contributed by atoms with E-state index in [1.54, 1.807) is 0 Å². The van der Waals surface area contributed by atoms with E-state index in [1.165, 1.54) is 5.56 Å². The standard InChI is InChI=1S/C15H20N4O2.2ClH/c20-15-18-14-13(19(15)12-1-4-16-9-12)7-11(8-17-14)10-2-5-21-6-3-10;;/h7-8,10,12,16H,1-6,9H2,(H,17,18,20);2*1H/t12-;;/m1../s1. The lowest BCUT2D eigenvalue weighted by Crippen LogP contribution is -2.24. The Hall–Kier alpha value is -1.08. The average Bonchev–Trinajstić information content (AvgIpc) is 3.13. The zero-order valence-corrected chi connectivity index (χ0v) is 14.4. The maximum absolute atomic E-state index is 12.2. The van der Waals surface area contributed by atoms with Gasteiger partial charge in [0.05, 0.1) is 11.6 Å². The third kappa shape index (κ3) is 3.40. The molecule has 4 heterocycles. The summed E-state index contributed by atoms with van der Waals surface area (Å²) in [6.45, 7) is 3.45. The molecular formula is C15H22Cl2N4O2. The molecule has 0 aromatic carbocycles. The minimum absolute atomic E-state index is 0. The monoisotopic (exact) mass is 360 g/mol. The zero-order chi connectivity index (χ0) is 14.2. The molecule has 4 rings (SSSR count). The summed E-state index contributed by atoms with van der Waals surface area (Å²) in [5, 5.41) is 3.32. The summed E-state index contributed by atoms with van der Waals surface area (Å²) in [6.07, 6.45) is 4.97. The number of nitrogens with one attached hydrogen (secondary N) is 2. The van der Waals surface area contributed by atoms with Gasteiger partial charge in [-0.15, -0.1) is 24.8 Å². The van der Waals surface area contributed by atoms with Crippen LogP contribution in [0, 0.1) is 0 Å². The molecule has 2 aliphatic rings. The lowest BCUT2D eigenvalue weighted by atomic mass is 9.93. The van der Waals surface area contributed by atoms with Crippen molar-refractivity contribution < 1.29 is 4.74 Å². The van der Waals surface area contributed by atoms with Gasteiger partial charge in [0.1, 0.15) is 0 Å². The minimum atomic E-state index is -0.0460. The number of hydrogen-bond acceptors (Lipinski definition) is 4. The van der Waals surface area contributed by atoms with Crippen molar-refractivity contribution in [1.29, 1.82) is 0 Å². The van der Waals surface area contributed by atoms with Crippen LogP contribution >= 0.6 is 24.8 Å². The van der Waals surface area contributed by atoms with Crippen molar-refractivity contribution in [2.24, 2.45) is 0 Å². The van der Waals surface area contributed by atoms with Gasteiger partial charge in [-0.05, 0) is 43.4 Å². The van der Waals surface area contributed by atoms with E-state index < -0.39 is 0 Å². The van der Waals surface area contributed by atoms with Crippen molar-refractivity contribution in [3.8, 4) is 0 Å². The first-order chi connectivity index (χ1) is 10.3. The van der Waals surface area contributed by atoms with Crippen LogP contribution in [0.3, 0.4) is 0 Å². The molecule has 2 saturated heterocycles. The molecule has 2 N–H and O–H groups in total. The molecule has 1 atom stereocenters. The molecule has 2 aliphatic heterocycles. The molecule has 23 heavy (non-hydrogen) atoms. The minimum Gasteiger partial charge on any atom is -0.381 e. The number of ether oxygens (including phenoxy) is 1. The van der Waals surface area contributed by atoms with Gasteiger partial charge in [0.25, 0.3) is 0 Å². The van der Waals surface area contributed by atoms with Gasteiger partial charge in [-0.2, -0.15) is 0 Å². The highest BCUT2D eigenvalue weighted by atomic mass is 35.5. The van der Waals surface area contributed by atoms with Gasteiger partial charge in [0, 0.05) is 26.0 Å². The molecule has 0 aliphatic carbocycles. The van der Waals surface area contributed by atoms with Crippen molar-refractivity contribution in [3.05, 3.63) is 28.3 Å². The molecule has 0 saturated carbocycles. The molecule has 2 aromatic rings. The van der Waals surface area contributed by atoms with Crippen LogP contribution in [-0.4, -0.2) is 40.8 Å². The van der Waals surface area contributed by atoms with E-state index in [9.17, 15) is 4.79 Å². The number of pyridine rings is 1. The highest BCUT2D eigenvalue weighted by Crippen LogP contribution is 2.28. The van der Waals surface area contributed by atoms with Crippen LogP contribution in [0.4, 0.5) is 0 Å². The number of nitrogens with zero attached hydrogens (tertiary/aromatic N) is 2. The maximum Gasteiger partial charge on any atom is 0.327 e. The molecule has 6 nitrogen and oxygen atoms in total. The molecular weight excluding hydrogens is 339 g/mol.